The fourth-order valence-electron chi connectivity index (χ4n) is 0.725. The van der Waals surface area contributed by atoms with Crippen LogP contribution in [0.1, 0.15) is 11.3 Å². The molecule has 0 saturated heterocycles. The van der Waals surface area contributed by atoms with Gasteiger partial charge in [-0.15, -0.1) is 11.3 Å². The molecule has 66 valence electrons. The van der Waals surface area contributed by atoms with E-state index in [-0.39, 0.29) is 5.91 Å². The standard InChI is InChI=1S/C7H11N3OS/c1-5-4-9-7(12-5)10-6(11)2-3-8/h4H,2-3,8H2,1H3,(H,9,10,11). The number of anilines is 1. The summed E-state index contributed by atoms with van der Waals surface area (Å²) in [4.78, 5) is 16.1. The zero-order chi connectivity index (χ0) is 8.97. The molecule has 1 aromatic rings. The van der Waals surface area contributed by atoms with Crippen LogP contribution in [0.3, 0.4) is 0 Å². The maximum atomic E-state index is 11.0. The molecule has 0 fully saturated rings. The Hall–Kier alpha value is -0.940. The number of nitrogens with one attached hydrogen (secondary N) is 1. The first kappa shape index (κ1) is 9.15. The van der Waals surface area contributed by atoms with Crippen molar-refractivity contribution in [2.45, 2.75) is 13.3 Å². The van der Waals surface area contributed by atoms with E-state index in [2.05, 4.69) is 10.3 Å². The highest BCUT2D eigenvalue weighted by Crippen LogP contribution is 2.16. The van der Waals surface area contributed by atoms with Crippen LogP contribution in [0, 0.1) is 6.92 Å². The topological polar surface area (TPSA) is 68.0 Å². The third-order valence-electron chi connectivity index (χ3n) is 1.24. The Morgan fingerprint density at radius 3 is 3.08 bits per heavy atom. The number of aryl methyl sites for hydroxylation is 1. The first-order chi connectivity index (χ1) is 5.72. The molecule has 0 aliphatic carbocycles. The maximum Gasteiger partial charge on any atom is 0.227 e. The molecule has 3 N–H and O–H groups in total. The van der Waals surface area contributed by atoms with Crippen molar-refractivity contribution in [2.24, 2.45) is 5.73 Å². The van der Waals surface area contributed by atoms with Crippen molar-refractivity contribution < 1.29 is 4.79 Å². The van der Waals surface area contributed by atoms with E-state index in [0.29, 0.717) is 18.1 Å². The van der Waals surface area contributed by atoms with Crippen LogP contribution >= 0.6 is 11.3 Å². The molecular weight excluding hydrogens is 174 g/mol. The minimum atomic E-state index is -0.0770. The lowest BCUT2D eigenvalue weighted by Gasteiger charge is -1.97. The molecule has 0 atom stereocenters. The first-order valence-corrected chi connectivity index (χ1v) is 4.46. The number of nitrogens with zero attached hydrogens (tertiary/aromatic N) is 1. The van der Waals surface area contributed by atoms with Gasteiger partial charge in [0.15, 0.2) is 5.13 Å². The number of aromatic nitrogens is 1. The van der Waals surface area contributed by atoms with Crippen molar-refractivity contribution in [1.29, 1.82) is 0 Å². The molecule has 5 heteroatoms. The summed E-state index contributed by atoms with van der Waals surface area (Å²) < 4.78 is 0. The molecule has 0 bridgehead atoms. The minimum Gasteiger partial charge on any atom is -0.330 e. The van der Waals surface area contributed by atoms with Crippen molar-refractivity contribution in [3.05, 3.63) is 11.1 Å². The van der Waals surface area contributed by atoms with Crippen LogP contribution in [0.5, 0.6) is 0 Å². The lowest BCUT2D eigenvalue weighted by Crippen LogP contribution is -2.15. The quantitative estimate of drug-likeness (QED) is 0.729. The second kappa shape index (κ2) is 4.18. The normalized spacial score (nSPS) is 9.83. The van der Waals surface area contributed by atoms with Crippen molar-refractivity contribution in [2.75, 3.05) is 11.9 Å². The molecule has 1 heterocycles. The molecule has 0 aliphatic rings. The highest BCUT2D eigenvalue weighted by atomic mass is 32.1. The molecule has 1 aromatic heterocycles. The SMILES string of the molecule is Cc1cnc(NC(=O)CCN)s1. The predicted octanol–water partition coefficient (Wildman–Crippen LogP) is 0.739. The molecule has 12 heavy (non-hydrogen) atoms. The van der Waals surface area contributed by atoms with Gasteiger partial charge in [-0.1, -0.05) is 0 Å². The summed E-state index contributed by atoms with van der Waals surface area (Å²) in [5.74, 6) is -0.0770. The molecule has 1 rings (SSSR count). The van der Waals surface area contributed by atoms with Crippen LogP contribution in [0.4, 0.5) is 5.13 Å². The van der Waals surface area contributed by atoms with E-state index in [1.54, 1.807) is 6.20 Å². The van der Waals surface area contributed by atoms with Gasteiger partial charge >= 0.3 is 0 Å². The van der Waals surface area contributed by atoms with Crippen LogP contribution in [0.25, 0.3) is 0 Å². The molecule has 1 amide bonds. The van der Waals surface area contributed by atoms with Crippen LogP contribution in [0.2, 0.25) is 0 Å². The van der Waals surface area contributed by atoms with E-state index >= 15 is 0 Å². The average molecular weight is 185 g/mol. The van der Waals surface area contributed by atoms with Crippen LogP contribution in [-0.2, 0) is 4.79 Å². The summed E-state index contributed by atoms with van der Waals surface area (Å²) in [5.41, 5.74) is 5.21. The Labute approximate surface area is 74.8 Å². The Morgan fingerprint density at radius 1 is 1.83 bits per heavy atom. The Morgan fingerprint density at radius 2 is 2.58 bits per heavy atom. The van der Waals surface area contributed by atoms with Crippen molar-refractivity contribution in [3.8, 4) is 0 Å². The largest absolute Gasteiger partial charge is 0.330 e. The molecule has 0 saturated carbocycles. The van der Waals surface area contributed by atoms with E-state index in [4.69, 9.17) is 5.73 Å². The molecular formula is C7H11N3OS. The van der Waals surface area contributed by atoms with E-state index in [1.807, 2.05) is 6.92 Å². The van der Waals surface area contributed by atoms with Crippen molar-refractivity contribution >= 4 is 22.4 Å². The lowest BCUT2D eigenvalue weighted by atomic mass is 10.4. The van der Waals surface area contributed by atoms with Gasteiger partial charge in [-0.3, -0.25) is 4.79 Å². The van der Waals surface area contributed by atoms with Gasteiger partial charge in [-0.25, -0.2) is 4.98 Å². The van der Waals surface area contributed by atoms with Gasteiger partial charge in [0.2, 0.25) is 5.91 Å². The van der Waals surface area contributed by atoms with Gasteiger partial charge in [0, 0.05) is 24.0 Å². The first-order valence-electron chi connectivity index (χ1n) is 3.64. The minimum absolute atomic E-state index is 0.0770. The van der Waals surface area contributed by atoms with Gasteiger partial charge in [0.05, 0.1) is 0 Å². The third-order valence-corrected chi connectivity index (χ3v) is 2.07. The number of hydrogen-bond donors (Lipinski definition) is 2. The second-order valence-electron chi connectivity index (χ2n) is 2.36. The van der Waals surface area contributed by atoms with Gasteiger partial charge in [-0.05, 0) is 6.92 Å². The Kier molecular flexibility index (Phi) is 3.19. The second-order valence-corrected chi connectivity index (χ2v) is 3.60. The Balaban J connectivity index is 2.46. The number of thiazole rings is 1. The molecule has 0 spiro atoms. The van der Waals surface area contributed by atoms with Crippen molar-refractivity contribution in [1.82, 2.24) is 4.98 Å². The summed E-state index contributed by atoms with van der Waals surface area (Å²) in [7, 11) is 0. The van der Waals surface area contributed by atoms with E-state index in [1.165, 1.54) is 11.3 Å². The average Bonchev–Trinajstić information content (AvgIpc) is 2.36. The summed E-state index contributed by atoms with van der Waals surface area (Å²) >= 11 is 1.46. The number of carbonyl (C=O) groups is 1. The van der Waals surface area contributed by atoms with Gasteiger partial charge < -0.3 is 11.1 Å². The van der Waals surface area contributed by atoms with Gasteiger partial charge in [0.25, 0.3) is 0 Å². The summed E-state index contributed by atoms with van der Waals surface area (Å²) in [6.07, 6.45) is 2.07. The predicted molar refractivity (Wildman–Crippen MR) is 49.2 cm³/mol. The number of nitrogens with two attached hydrogens (primary N) is 1. The fraction of sp³-hybridized carbons (Fsp3) is 0.429. The Bertz CT molecular complexity index is 271. The highest BCUT2D eigenvalue weighted by Gasteiger charge is 2.02. The number of amides is 1. The molecule has 4 nitrogen and oxygen atoms in total. The third kappa shape index (κ3) is 2.60. The van der Waals surface area contributed by atoms with E-state index in [9.17, 15) is 4.79 Å². The molecule has 0 radical (unpaired) electrons. The number of rotatable bonds is 3. The smallest absolute Gasteiger partial charge is 0.227 e. The number of hydrogen-bond acceptors (Lipinski definition) is 4. The van der Waals surface area contributed by atoms with Gasteiger partial charge in [0.1, 0.15) is 0 Å². The highest BCUT2D eigenvalue weighted by molar-refractivity contribution is 7.15. The lowest BCUT2D eigenvalue weighted by molar-refractivity contribution is -0.116. The number of carbonyl (C=O) groups excluding carboxylic acids is 1. The summed E-state index contributed by atoms with van der Waals surface area (Å²) in [6.45, 7) is 2.31. The monoisotopic (exact) mass is 185 g/mol. The van der Waals surface area contributed by atoms with E-state index in [0.717, 1.165) is 4.88 Å². The molecule has 0 unspecified atom stereocenters. The van der Waals surface area contributed by atoms with Crippen LogP contribution in [-0.4, -0.2) is 17.4 Å². The molecule has 0 aliphatic heterocycles. The summed E-state index contributed by atoms with van der Waals surface area (Å²) in [5, 5.41) is 3.30. The van der Waals surface area contributed by atoms with Crippen molar-refractivity contribution in [3.63, 3.8) is 0 Å². The maximum absolute atomic E-state index is 11.0. The zero-order valence-corrected chi connectivity index (χ0v) is 7.65. The van der Waals surface area contributed by atoms with Crippen LogP contribution < -0.4 is 11.1 Å². The van der Waals surface area contributed by atoms with Gasteiger partial charge in [-0.2, -0.15) is 0 Å². The van der Waals surface area contributed by atoms with Crippen LogP contribution in [0.15, 0.2) is 6.20 Å². The zero-order valence-electron chi connectivity index (χ0n) is 6.83. The molecule has 0 aromatic carbocycles. The van der Waals surface area contributed by atoms with E-state index < -0.39 is 0 Å². The fourth-order valence-corrected chi connectivity index (χ4v) is 1.41. The summed E-state index contributed by atoms with van der Waals surface area (Å²) in [6, 6.07) is 0.